The van der Waals surface area contributed by atoms with Crippen LogP contribution >= 0.6 is 0 Å². The van der Waals surface area contributed by atoms with Gasteiger partial charge in [-0.2, -0.15) is 39.5 Å². The molecule has 17 heteroatoms. The first kappa shape index (κ1) is 28.7. The number of nitrogens with two attached hydrogens (primary N) is 3. The standard InChI is InChI=1S/C19H18F9N7O/c20-17(21,22)11-5-12(18(23,24)25)34-16(33-11)9(6-29)15(31)35-13(36)7-32-10-4-2-1-3-8(10)14(30)19(26,27)28/h5-6,30,32H,1-4,7,29H2,(H2,31,35,36)/p+3. The molecule has 0 atom stereocenters. The summed E-state index contributed by atoms with van der Waals surface area (Å²) in [5.41, 5.74) is -0.765. The number of carbonyl (C=O) groups is 1. The van der Waals surface area contributed by atoms with Crippen LogP contribution in [-0.4, -0.2) is 35.2 Å². The van der Waals surface area contributed by atoms with E-state index in [1.165, 1.54) is 0 Å². The highest BCUT2D eigenvalue weighted by atomic mass is 19.4. The molecule has 1 aliphatic rings. The minimum atomic E-state index is -5.26. The summed E-state index contributed by atoms with van der Waals surface area (Å²) in [6.45, 7) is -0.546. The number of amides is 1. The number of carbonyl (C=O) groups excluding carboxylic acids is 1. The number of H-pyrrole nitrogens is 1. The summed E-state index contributed by atoms with van der Waals surface area (Å²) >= 11 is 0. The minimum absolute atomic E-state index is 0.0152. The highest BCUT2D eigenvalue weighted by Gasteiger charge is 2.45. The molecular formula is C19H21F9N7O+3. The number of hydrogen-bond acceptors (Lipinski definition) is 4. The van der Waals surface area contributed by atoms with Gasteiger partial charge in [-0.05, 0) is 24.2 Å². The Labute approximate surface area is 196 Å². The van der Waals surface area contributed by atoms with E-state index in [1.807, 2.05) is 5.32 Å². The molecule has 0 bridgehead atoms. The van der Waals surface area contributed by atoms with Crippen LogP contribution in [-0.2, 0) is 17.1 Å². The van der Waals surface area contributed by atoms with Crippen LogP contribution in [0, 0.1) is 5.41 Å². The molecule has 8 nitrogen and oxygen atoms in total. The van der Waals surface area contributed by atoms with E-state index in [0.29, 0.717) is 19.0 Å². The van der Waals surface area contributed by atoms with Gasteiger partial charge in [0.1, 0.15) is 11.4 Å². The maximum absolute atomic E-state index is 13.1. The van der Waals surface area contributed by atoms with E-state index in [-0.39, 0.29) is 30.2 Å². The first-order chi connectivity index (χ1) is 16.4. The molecule has 0 saturated heterocycles. The average molecular weight is 534 g/mol. The summed E-state index contributed by atoms with van der Waals surface area (Å²) in [6, 6.07) is -0.255. The largest absolute Gasteiger partial charge is 0.458 e. The number of hydrogen-bond donors (Lipinski definition) is 5. The minimum Gasteiger partial charge on any atom is -0.404 e. The number of amidine groups is 1. The number of aromatic amines is 1. The van der Waals surface area contributed by atoms with Gasteiger partial charge in [-0.25, -0.2) is 15.1 Å². The van der Waals surface area contributed by atoms with Gasteiger partial charge < -0.3 is 11.1 Å². The fraction of sp³-hybridized carbons (Fsp3) is 0.421. The smallest absolute Gasteiger partial charge is 0.404 e. The van der Waals surface area contributed by atoms with Crippen molar-refractivity contribution in [1.29, 1.82) is 5.41 Å². The van der Waals surface area contributed by atoms with E-state index >= 15 is 0 Å². The van der Waals surface area contributed by atoms with Crippen molar-refractivity contribution in [3.63, 3.8) is 0 Å². The molecule has 1 aromatic heterocycles. The molecule has 0 radical (unpaired) electrons. The lowest BCUT2D eigenvalue weighted by molar-refractivity contribution is -0.598. The number of allylic oxidation sites excluding steroid dienone is 2. The van der Waals surface area contributed by atoms with Crippen LogP contribution in [0.1, 0.15) is 42.9 Å². The van der Waals surface area contributed by atoms with Crippen molar-refractivity contribution < 1.29 is 60.0 Å². The van der Waals surface area contributed by atoms with Gasteiger partial charge in [-0.1, -0.05) is 0 Å². The van der Waals surface area contributed by atoms with Crippen molar-refractivity contribution in [1.82, 2.24) is 10.3 Å². The lowest BCUT2D eigenvalue weighted by Gasteiger charge is -2.19. The van der Waals surface area contributed by atoms with Crippen LogP contribution in [0.3, 0.4) is 0 Å². The van der Waals surface area contributed by atoms with Crippen LogP contribution in [0.5, 0.6) is 0 Å². The third-order valence-corrected chi connectivity index (χ3v) is 4.98. The molecule has 36 heavy (non-hydrogen) atoms. The summed E-state index contributed by atoms with van der Waals surface area (Å²) in [7, 11) is 0. The number of rotatable bonds is 6. The van der Waals surface area contributed by atoms with Gasteiger partial charge in [0.25, 0.3) is 11.5 Å². The Balaban J connectivity index is 2.22. The zero-order valence-corrected chi connectivity index (χ0v) is 18.2. The Morgan fingerprint density at radius 3 is 2.28 bits per heavy atom. The lowest BCUT2D eigenvalue weighted by atomic mass is 9.92. The number of alkyl halides is 9. The third-order valence-electron chi connectivity index (χ3n) is 4.98. The summed E-state index contributed by atoms with van der Waals surface area (Å²) in [6.07, 6.45) is -13.7. The highest BCUT2D eigenvalue weighted by Crippen LogP contribution is 2.33. The number of nitrogens with zero attached hydrogens (tertiary/aromatic N) is 1. The second-order valence-corrected chi connectivity index (χ2v) is 7.56. The predicted octanol–water partition coefficient (Wildman–Crippen LogP) is 0.480. The summed E-state index contributed by atoms with van der Waals surface area (Å²) in [4.78, 5) is 17.0. The van der Waals surface area contributed by atoms with Crippen LogP contribution in [0.25, 0.3) is 5.57 Å². The van der Waals surface area contributed by atoms with Crippen molar-refractivity contribution in [2.24, 2.45) is 5.73 Å². The lowest BCUT2D eigenvalue weighted by Crippen LogP contribution is -2.85. The number of quaternary nitrogens is 1. The number of aromatic nitrogens is 2. The van der Waals surface area contributed by atoms with Crippen molar-refractivity contribution in [2.45, 2.75) is 44.2 Å². The van der Waals surface area contributed by atoms with E-state index in [9.17, 15) is 44.3 Å². The quantitative estimate of drug-likeness (QED) is 0.205. The average Bonchev–Trinajstić information content (AvgIpc) is 2.76. The number of nitrogens with one attached hydrogen (secondary N) is 3. The molecule has 0 fully saturated rings. The van der Waals surface area contributed by atoms with E-state index in [1.54, 1.807) is 4.98 Å². The maximum atomic E-state index is 13.1. The van der Waals surface area contributed by atoms with Crippen LogP contribution < -0.4 is 26.8 Å². The van der Waals surface area contributed by atoms with Crippen molar-refractivity contribution in [3.05, 3.63) is 40.7 Å². The number of halogens is 9. The Kier molecular flexibility index (Phi) is 8.49. The first-order valence-electron chi connectivity index (χ1n) is 10.1. The summed E-state index contributed by atoms with van der Waals surface area (Å²) in [5, 5.41) is 16.1. The molecule has 0 saturated carbocycles. The zero-order valence-electron chi connectivity index (χ0n) is 18.2. The molecule has 0 spiro atoms. The third kappa shape index (κ3) is 7.25. The van der Waals surface area contributed by atoms with E-state index in [0.717, 1.165) is 5.32 Å². The molecule has 2 rings (SSSR count). The van der Waals surface area contributed by atoms with E-state index < -0.39 is 65.3 Å². The van der Waals surface area contributed by atoms with Gasteiger partial charge in [0.15, 0.2) is 12.1 Å². The molecule has 9 N–H and O–H groups in total. The molecule has 198 valence electrons. The van der Waals surface area contributed by atoms with E-state index in [2.05, 4.69) is 4.98 Å². The normalized spacial score (nSPS) is 15.6. The van der Waals surface area contributed by atoms with Crippen molar-refractivity contribution in [3.8, 4) is 0 Å². The van der Waals surface area contributed by atoms with Gasteiger partial charge >= 0.3 is 30.3 Å². The van der Waals surface area contributed by atoms with Gasteiger partial charge in [0, 0.05) is 24.3 Å². The molecule has 1 amide bonds. The predicted molar refractivity (Wildman–Crippen MR) is 104 cm³/mol. The van der Waals surface area contributed by atoms with Gasteiger partial charge in [-0.15, -0.1) is 0 Å². The Morgan fingerprint density at radius 1 is 1.14 bits per heavy atom. The van der Waals surface area contributed by atoms with Crippen LogP contribution in [0.4, 0.5) is 39.5 Å². The molecule has 1 aromatic rings. The summed E-state index contributed by atoms with van der Waals surface area (Å²) in [5.74, 6) is -2.75. The molecule has 0 aliphatic heterocycles. The molecule has 1 heterocycles. The zero-order chi connectivity index (χ0) is 27.5. The Morgan fingerprint density at radius 2 is 1.75 bits per heavy atom. The second-order valence-electron chi connectivity index (χ2n) is 7.56. The highest BCUT2D eigenvalue weighted by molar-refractivity contribution is 6.22. The fourth-order valence-electron chi connectivity index (χ4n) is 3.30. The van der Waals surface area contributed by atoms with Crippen LogP contribution in [0.2, 0.25) is 0 Å². The second kappa shape index (κ2) is 10.6. The Hall–Kier alpha value is -3.50. The maximum Gasteiger partial charge on any atom is 0.458 e. The van der Waals surface area contributed by atoms with E-state index in [4.69, 9.17) is 16.6 Å². The monoisotopic (exact) mass is 534 g/mol. The SMILES string of the molecule is N=C(C1=C([NH2+]CC(=O)NC(=[NH2+])C(=CN)c2nc(C(F)(F)F)cc(C(F)(F)F)[nH+]2)CCCC1)C(F)(F)F. The van der Waals surface area contributed by atoms with Gasteiger partial charge in [0.05, 0.1) is 0 Å². The molecule has 0 unspecified atom stereocenters. The Bertz CT molecular complexity index is 1070. The topological polar surface area (TPSA) is 148 Å². The fourth-order valence-corrected chi connectivity index (χ4v) is 3.30. The van der Waals surface area contributed by atoms with Crippen molar-refractivity contribution >= 4 is 23.0 Å². The summed E-state index contributed by atoms with van der Waals surface area (Å²) < 4.78 is 117. The molecular weight excluding hydrogens is 513 g/mol. The van der Waals surface area contributed by atoms with Gasteiger partial charge in [-0.3, -0.25) is 10.8 Å². The van der Waals surface area contributed by atoms with Crippen molar-refractivity contribution in [2.75, 3.05) is 6.54 Å². The first-order valence-corrected chi connectivity index (χ1v) is 10.1. The van der Waals surface area contributed by atoms with Crippen LogP contribution in [0.15, 0.2) is 23.5 Å². The van der Waals surface area contributed by atoms with Gasteiger partial charge in [0.2, 0.25) is 5.69 Å². The molecule has 0 aromatic carbocycles. The molecule has 1 aliphatic carbocycles.